The van der Waals surface area contributed by atoms with E-state index in [0.717, 1.165) is 6.21 Å². The van der Waals surface area contributed by atoms with Crippen LogP contribution < -0.4 is 5.84 Å². The Hall–Kier alpha value is -0.730. The van der Waals surface area contributed by atoms with E-state index in [2.05, 4.69) is 10.9 Å². The van der Waals surface area contributed by atoms with Crippen LogP contribution in [0.2, 0.25) is 0 Å². The first-order valence-electron chi connectivity index (χ1n) is 3.61. The Labute approximate surface area is 74.7 Å². The predicted molar refractivity (Wildman–Crippen MR) is 43.8 cm³/mol. The molecule has 0 amide bonds. The molecule has 0 bridgehead atoms. The minimum absolute atomic E-state index is 0.718. The van der Waals surface area contributed by atoms with Crippen LogP contribution >= 0.6 is 0 Å². The second kappa shape index (κ2) is 5.84. The number of hydrogen-bond acceptors (Lipinski definition) is 7. The van der Waals surface area contributed by atoms with Crippen molar-refractivity contribution in [3.8, 4) is 0 Å². The van der Waals surface area contributed by atoms with Crippen LogP contribution in [0.15, 0.2) is 5.10 Å². The van der Waals surface area contributed by atoms with Crippen molar-refractivity contribution in [2.75, 3.05) is 6.61 Å². The number of hydrazone groups is 1. The van der Waals surface area contributed by atoms with Gasteiger partial charge in [-0.2, -0.15) is 5.10 Å². The van der Waals surface area contributed by atoms with E-state index in [4.69, 9.17) is 25.5 Å². The Bertz CT molecular complexity index is 165. The van der Waals surface area contributed by atoms with Crippen molar-refractivity contribution in [3.05, 3.63) is 0 Å². The summed E-state index contributed by atoms with van der Waals surface area (Å²) in [4.78, 5) is 0. The zero-order chi connectivity index (χ0) is 10.4. The quantitative estimate of drug-likeness (QED) is 0.152. The molecule has 0 radical (unpaired) electrons. The number of nitrogens with zero attached hydrogens (tertiary/aromatic N) is 1. The van der Waals surface area contributed by atoms with Crippen LogP contribution in [0.25, 0.3) is 0 Å². The van der Waals surface area contributed by atoms with Crippen molar-refractivity contribution in [2.24, 2.45) is 10.9 Å². The Balaban J connectivity index is 4.15. The van der Waals surface area contributed by atoms with E-state index >= 15 is 0 Å². The van der Waals surface area contributed by atoms with Crippen molar-refractivity contribution in [3.63, 3.8) is 0 Å². The highest BCUT2D eigenvalue weighted by Gasteiger charge is 2.28. The molecule has 13 heavy (non-hydrogen) atoms. The molecule has 0 unspecified atom stereocenters. The molecular formula is C6H14N2O5. The normalized spacial score (nSPS) is 21.3. The minimum atomic E-state index is -1.65. The van der Waals surface area contributed by atoms with Crippen molar-refractivity contribution in [2.45, 2.75) is 24.4 Å². The zero-order valence-electron chi connectivity index (χ0n) is 6.85. The Morgan fingerprint density at radius 1 is 1.15 bits per heavy atom. The van der Waals surface area contributed by atoms with Gasteiger partial charge in [0.2, 0.25) is 0 Å². The summed E-state index contributed by atoms with van der Waals surface area (Å²) < 4.78 is 0. The second-order valence-electron chi connectivity index (χ2n) is 2.52. The zero-order valence-corrected chi connectivity index (χ0v) is 6.85. The van der Waals surface area contributed by atoms with Crippen LogP contribution in [-0.2, 0) is 0 Å². The molecule has 0 aliphatic heterocycles. The van der Waals surface area contributed by atoms with E-state index in [1.54, 1.807) is 0 Å². The molecule has 0 aromatic heterocycles. The molecule has 0 aromatic rings. The fourth-order valence-corrected chi connectivity index (χ4v) is 0.714. The van der Waals surface area contributed by atoms with Gasteiger partial charge in [-0.25, -0.2) is 0 Å². The van der Waals surface area contributed by atoms with Gasteiger partial charge in [-0.1, -0.05) is 0 Å². The van der Waals surface area contributed by atoms with Crippen LogP contribution in [0.5, 0.6) is 0 Å². The van der Waals surface area contributed by atoms with E-state index in [-0.39, 0.29) is 0 Å². The molecule has 7 nitrogen and oxygen atoms in total. The summed E-state index contributed by atoms with van der Waals surface area (Å²) in [7, 11) is 0. The first-order chi connectivity index (χ1) is 6.04. The summed E-state index contributed by atoms with van der Waals surface area (Å²) in [6.07, 6.45) is -5.50. The van der Waals surface area contributed by atoms with Gasteiger partial charge in [-0.15, -0.1) is 0 Å². The van der Waals surface area contributed by atoms with Crippen LogP contribution in [0.4, 0.5) is 0 Å². The Morgan fingerprint density at radius 2 is 1.69 bits per heavy atom. The maximum atomic E-state index is 9.10. The van der Waals surface area contributed by atoms with Gasteiger partial charge in [0.25, 0.3) is 0 Å². The van der Waals surface area contributed by atoms with Gasteiger partial charge in [-0.05, 0) is 0 Å². The number of aliphatic hydroxyl groups is 5. The lowest BCUT2D eigenvalue weighted by atomic mass is 10.0. The van der Waals surface area contributed by atoms with Gasteiger partial charge < -0.3 is 31.4 Å². The summed E-state index contributed by atoms with van der Waals surface area (Å²) in [5.41, 5.74) is 0. The maximum Gasteiger partial charge on any atom is 0.119 e. The second-order valence-corrected chi connectivity index (χ2v) is 2.52. The standard InChI is InChI=1S/C6H14N2O5/c7-8-1-3(10)5(12)6(13)4(11)2-9/h1,3-6,9-13H,2,7H2/b8-1+/t3-,4+,5+,6+/m0/s1. The molecule has 4 atom stereocenters. The largest absolute Gasteiger partial charge is 0.394 e. The summed E-state index contributed by atoms with van der Waals surface area (Å²) in [6.45, 7) is -0.718. The monoisotopic (exact) mass is 194 g/mol. The molecule has 7 heteroatoms. The SMILES string of the molecule is N/N=C/[C@H](O)[C@@H](O)[C@H](O)[C@H](O)CO. The third-order valence-electron chi connectivity index (χ3n) is 1.52. The molecular weight excluding hydrogens is 180 g/mol. The first kappa shape index (κ1) is 12.3. The fourth-order valence-electron chi connectivity index (χ4n) is 0.714. The Kier molecular flexibility index (Phi) is 5.51. The molecule has 0 spiro atoms. The third-order valence-corrected chi connectivity index (χ3v) is 1.52. The molecule has 0 aromatic carbocycles. The molecule has 0 aliphatic carbocycles. The summed E-state index contributed by atoms with van der Waals surface area (Å²) >= 11 is 0. The number of nitrogens with two attached hydrogens (primary N) is 1. The van der Waals surface area contributed by atoms with E-state index in [0.29, 0.717) is 0 Å². The molecule has 0 heterocycles. The van der Waals surface area contributed by atoms with Gasteiger partial charge in [0, 0.05) is 0 Å². The molecule has 0 aliphatic rings. The third kappa shape index (κ3) is 3.66. The molecule has 78 valence electrons. The number of rotatable bonds is 5. The maximum absolute atomic E-state index is 9.10. The smallest absolute Gasteiger partial charge is 0.119 e. The van der Waals surface area contributed by atoms with Crippen LogP contribution in [0.1, 0.15) is 0 Å². The van der Waals surface area contributed by atoms with Gasteiger partial charge in [-0.3, -0.25) is 0 Å². The summed E-state index contributed by atoms with van der Waals surface area (Å²) in [5, 5.41) is 47.4. The van der Waals surface area contributed by atoms with E-state index in [1.165, 1.54) is 0 Å². The van der Waals surface area contributed by atoms with Crippen molar-refractivity contribution in [1.29, 1.82) is 0 Å². The number of aliphatic hydroxyl groups excluding tert-OH is 5. The van der Waals surface area contributed by atoms with Gasteiger partial charge >= 0.3 is 0 Å². The highest BCUT2D eigenvalue weighted by Crippen LogP contribution is 2.03. The predicted octanol–water partition coefficient (Wildman–Crippen LogP) is -3.63. The van der Waals surface area contributed by atoms with Gasteiger partial charge in [0.1, 0.15) is 24.4 Å². The van der Waals surface area contributed by atoms with Crippen molar-refractivity contribution in [1.82, 2.24) is 0 Å². The average molecular weight is 194 g/mol. The van der Waals surface area contributed by atoms with Crippen LogP contribution in [-0.4, -0.2) is 62.8 Å². The molecule has 7 N–H and O–H groups in total. The molecule has 0 saturated heterocycles. The lowest BCUT2D eigenvalue weighted by molar-refractivity contribution is -0.0999. The van der Waals surface area contributed by atoms with Crippen molar-refractivity contribution >= 4 is 6.21 Å². The van der Waals surface area contributed by atoms with E-state index < -0.39 is 31.0 Å². The molecule has 0 fully saturated rings. The van der Waals surface area contributed by atoms with Crippen LogP contribution in [0.3, 0.4) is 0 Å². The fraction of sp³-hybridized carbons (Fsp3) is 0.833. The summed E-state index contributed by atoms with van der Waals surface area (Å²) in [5.74, 6) is 4.68. The lowest BCUT2D eigenvalue weighted by Gasteiger charge is -2.23. The average Bonchev–Trinajstić information content (AvgIpc) is 2.14. The van der Waals surface area contributed by atoms with Gasteiger partial charge in [0.05, 0.1) is 12.8 Å². The topological polar surface area (TPSA) is 140 Å². The van der Waals surface area contributed by atoms with Gasteiger partial charge in [0.15, 0.2) is 0 Å². The van der Waals surface area contributed by atoms with Crippen molar-refractivity contribution < 1.29 is 25.5 Å². The highest BCUT2D eigenvalue weighted by atomic mass is 16.4. The number of hydrogen-bond donors (Lipinski definition) is 6. The molecule has 0 rings (SSSR count). The summed E-state index contributed by atoms with van der Waals surface area (Å²) in [6, 6.07) is 0. The Morgan fingerprint density at radius 3 is 2.08 bits per heavy atom. The van der Waals surface area contributed by atoms with E-state index in [9.17, 15) is 0 Å². The van der Waals surface area contributed by atoms with E-state index in [1.807, 2.05) is 0 Å². The molecule has 0 saturated carbocycles. The highest BCUT2D eigenvalue weighted by molar-refractivity contribution is 5.63. The first-order valence-corrected chi connectivity index (χ1v) is 3.61. The van der Waals surface area contributed by atoms with Crippen LogP contribution in [0, 0.1) is 0 Å². The minimum Gasteiger partial charge on any atom is -0.394 e. The lowest BCUT2D eigenvalue weighted by Crippen LogP contribution is -2.46.